The van der Waals surface area contributed by atoms with Gasteiger partial charge in [0.1, 0.15) is 18.1 Å². The van der Waals surface area contributed by atoms with E-state index in [1.165, 1.54) is 16.7 Å². The average molecular weight is 475 g/mol. The van der Waals surface area contributed by atoms with Crippen molar-refractivity contribution >= 4 is 41.4 Å². The van der Waals surface area contributed by atoms with Gasteiger partial charge in [0.15, 0.2) is 0 Å². The van der Waals surface area contributed by atoms with Crippen LogP contribution in [0, 0.1) is 5.92 Å². The minimum atomic E-state index is -1.39. The Morgan fingerprint density at radius 2 is 1.75 bits per heavy atom. The van der Waals surface area contributed by atoms with Crippen LogP contribution in [0.4, 0.5) is 0 Å². The summed E-state index contributed by atoms with van der Waals surface area (Å²) in [5, 5.41) is 23.0. The molecule has 0 aromatic heterocycles. The molecule has 0 aliphatic carbocycles. The van der Waals surface area contributed by atoms with Crippen LogP contribution >= 0.6 is 11.8 Å². The number of hydrogen-bond donors (Lipinski definition) is 5. The summed E-state index contributed by atoms with van der Waals surface area (Å²) in [4.78, 5) is 61.9. The van der Waals surface area contributed by atoms with Gasteiger partial charge in [-0.05, 0) is 43.6 Å². The molecular formula is C20H34N4O7S. The highest BCUT2D eigenvalue weighted by Crippen LogP contribution is 2.20. The number of amides is 3. The van der Waals surface area contributed by atoms with Crippen molar-refractivity contribution in [3.05, 3.63) is 0 Å². The molecule has 3 amide bonds. The van der Waals surface area contributed by atoms with E-state index in [0.29, 0.717) is 25.1 Å². The summed E-state index contributed by atoms with van der Waals surface area (Å²) in [7, 11) is 0. The van der Waals surface area contributed by atoms with Crippen LogP contribution in [-0.2, 0) is 24.0 Å². The summed E-state index contributed by atoms with van der Waals surface area (Å²) < 4.78 is 0. The minimum Gasteiger partial charge on any atom is -0.481 e. The smallest absolute Gasteiger partial charge is 0.326 e. The monoisotopic (exact) mass is 474 g/mol. The molecule has 0 aromatic carbocycles. The van der Waals surface area contributed by atoms with E-state index in [4.69, 9.17) is 10.8 Å². The maximum Gasteiger partial charge on any atom is 0.326 e. The first kappa shape index (κ1) is 27.7. The zero-order valence-corrected chi connectivity index (χ0v) is 19.5. The van der Waals surface area contributed by atoms with Gasteiger partial charge in [-0.3, -0.25) is 19.2 Å². The van der Waals surface area contributed by atoms with Crippen LogP contribution < -0.4 is 16.4 Å². The van der Waals surface area contributed by atoms with E-state index < -0.39 is 54.3 Å². The number of hydrogen-bond acceptors (Lipinski definition) is 7. The minimum absolute atomic E-state index is 0.0920. The second kappa shape index (κ2) is 13.3. The number of rotatable bonds is 13. The fourth-order valence-electron chi connectivity index (χ4n) is 3.35. The molecule has 1 heterocycles. The lowest BCUT2D eigenvalue weighted by Gasteiger charge is -2.29. The van der Waals surface area contributed by atoms with Crippen molar-refractivity contribution in [2.45, 2.75) is 70.1 Å². The van der Waals surface area contributed by atoms with Crippen LogP contribution in [0.5, 0.6) is 0 Å². The van der Waals surface area contributed by atoms with Gasteiger partial charge < -0.3 is 31.5 Å². The summed E-state index contributed by atoms with van der Waals surface area (Å²) >= 11 is 1.45. The van der Waals surface area contributed by atoms with E-state index in [1.807, 2.05) is 20.1 Å². The maximum atomic E-state index is 12.9. The molecule has 12 heteroatoms. The van der Waals surface area contributed by atoms with Crippen LogP contribution in [0.15, 0.2) is 0 Å². The lowest BCUT2D eigenvalue weighted by Crippen LogP contribution is -2.57. The Labute approximate surface area is 191 Å². The van der Waals surface area contributed by atoms with Gasteiger partial charge in [0.2, 0.25) is 17.7 Å². The van der Waals surface area contributed by atoms with Crippen molar-refractivity contribution in [1.29, 1.82) is 0 Å². The fraction of sp³-hybridized carbons (Fsp3) is 0.750. The Kier molecular flexibility index (Phi) is 11.5. The Balaban J connectivity index is 2.89. The van der Waals surface area contributed by atoms with E-state index in [9.17, 15) is 29.1 Å². The van der Waals surface area contributed by atoms with Crippen LogP contribution in [0.2, 0.25) is 0 Å². The number of carboxylic acid groups (broad SMARTS) is 2. The molecule has 0 radical (unpaired) electrons. The number of likely N-dealkylation sites (tertiary alicyclic amines) is 1. The Morgan fingerprint density at radius 1 is 1.09 bits per heavy atom. The SMILES string of the molecule is CSCCC(NC(=O)C1CCCN1C(=O)C(N)C(C)C)C(=O)NC(CCC(=O)O)C(=O)O. The molecule has 1 fully saturated rings. The number of aliphatic carboxylic acids is 2. The number of carboxylic acids is 2. The zero-order chi connectivity index (χ0) is 24.4. The van der Waals surface area contributed by atoms with Gasteiger partial charge in [-0.25, -0.2) is 4.79 Å². The molecule has 0 saturated carbocycles. The van der Waals surface area contributed by atoms with E-state index >= 15 is 0 Å². The van der Waals surface area contributed by atoms with Gasteiger partial charge in [0.25, 0.3) is 0 Å². The van der Waals surface area contributed by atoms with Gasteiger partial charge >= 0.3 is 11.9 Å². The fourth-order valence-corrected chi connectivity index (χ4v) is 3.82. The van der Waals surface area contributed by atoms with Crippen LogP contribution in [0.1, 0.15) is 46.0 Å². The molecular weight excluding hydrogens is 440 g/mol. The van der Waals surface area contributed by atoms with Crippen LogP contribution in [0.3, 0.4) is 0 Å². The Morgan fingerprint density at radius 3 is 2.28 bits per heavy atom. The molecule has 0 aromatic rings. The second-order valence-electron chi connectivity index (χ2n) is 8.13. The Bertz CT molecular complexity index is 703. The highest BCUT2D eigenvalue weighted by Gasteiger charge is 2.38. The van der Waals surface area contributed by atoms with Gasteiger partial charge in [-0.2, -0.15) is 11.8 Å². The van der Waals surface area contributed by atoms with E-state index in [1.54, 1.807) is 0 Å². The zero-order valence-electron chi connectivity index (χ0n) is 18.7. The number of thioether (sulfide) groups is 1. The van der Waals surface area contributed by atoms with Gasteiger partial charge in [0, 0.05) is 13.0 Å². The number of nitrogens with zero attached hydrogens (tertiary/aromatic N) is 1. The third kappa shape index (κ3) is 8.30. The van der Waals surface area contributed by atoms with Crippen molar-refractivity contribution in [3.8, 4) is 0 Å². The number of nitrogens with two attached hydrogens (primary N) is 1. The van der Waals surface area contributed by atoms with Crippen molar-refractivity contribution in [3.63, 3.8) is 0 Å². The first-order valence-electron chi connectivity index (χ1n) is 10.6. The highest BCUT2D eigenvalue weighted by molar-refractivity contribution is 7.98. The van der Waals surface area contributed by atoms with Crippen LogP contribution in [-0.4, -0.2) is 87.5 Å². The maximum absolute atomic E-state index is 12.9. The highest BCUT2D eigenvalue weighted by atomic mass is 32.2. The largest absolute Gasteiger partial charge is 0.481 e. The molecule has 4 atom stereocenters. The summed E-state index contributed by atoms with van der Waals surface area (Å²) in [6.07, 6.45) is 2.44. The molecule has 0 spiro atoms. The predicted molar refractivity (Wildman–Crippen MR) is 119 cm³/mol. The van der Waals surface area contributed by atoms with Gasteiger partial charge in [-0.15, -0.1) is 0 Å². The topological polar surface area (TPSA) is 179 Å². The number of nitrogens with one attached hydrogen (secondary N) is 2. The van der Waals surface area contributed by atoms with Crippen molar-refractivity contribution in [2.75, 3.05) is 18.6 Å². The van der Waals surface area contributed by atoms with Gasteiger partial charge in [0.05, 0.1) is 6.04 Å². The summed E-state index contributed by atoms with van der Waals surface area (Å²) in [5.41, 5.74) is 5.96. The third-order valence-corrected chi connectivity index (χ3v) is 5.99. The number of carbonyl (C=O) groups is 5. The van der Waals surface area contributed by atoms with E-state index in [2.05, 4.69) is 10.6 Å². The quantitative estimate of drug-likeness (QED) is 0.238. The normalized spacial score (nSPS) is 18.7. The first-order valence-corrected chi connectivity index (χ1v) is 12.0. The average Bonchev–Trinajstić information content (AvgIpc) is 3.22. The van der Waals surface area contributed by atoms with Crippen molar-refractivity contribution < 1.29 is 34.2 Å². The second-order valence-corrected chi connectivity index (χ2v) is 9.12. The lowest BCUT2D eigenvalue weighted by molar-refractivity contribution is -0.144. The lowest BCUT2D eigenvalue weighted by atomic mass is 10.0. The summed E-state index contributed by atoms with van der Waals surface area (Å²) in [6.45, 7) is 4.04. The molecule has 0 bridgehead atoms. The molecule has 32 heavy (non-hydrogen) atoms. The van der Waals surface area contributed by atoms with Gasteiger partial charge in [-0.1, -0.05) is 13.8 Å². The summed E-state index contributed by atoms with van der Waals surface area (Å²) in [5.74, 6) is -3.62. The third-order valence-electron chi connectivity index (χ3n) is 5.35. The molecule has 4 unspecified atom stereocenters. The molecule has 1 saturated heterocycles. The predicted octanol–water partition coefficient (Wildman–Crippen LogP) is -0.367. The van der Waals surface area contributed by atoms with E-state index in [0.717, 1.165) is 0 Å². The number of carbonyl (C=O) groups excluding carboxylic acids is 3. The summed E-state index contributed by atoms with van der Waals surface area (Å²) in [6, 6.07) is -3.89. The first-order chi connectivity index (χ1) is 15.0. The molecule has 1 aliphatic rings. The molecule has 11 nitrogen and oxygen atoms in total. The van der Waals surface area contributed by atoms with Crippen molar-refractivity contribution in [2.24, 2.45) is 11.7 Å². The Hall–Kier alpha value is -2.34. The molecule has 1 rings (SSSR count). The molecule has 1 aliphatic heterocycles. The van der Waals surface area contributed by atoms with Crippen molar-refractivity contribution in [1.82, 2.24) is 15.5 Å². The van der Waals surface area contributed by atoms with Crippen LogP contribution in [0.25, 0.3) is 0 Å². The molecule has 6 N–H and O–H groups in total. The standard InChI is InChI=1S/C20H34N4O7S/c1-11(2)16(21)19(29)24-9-4-5-14(24)18(28)22-12(8-10-32-3)17(27)23-13(20(30)31)6-7-15(25)26/h11-14,16H,4-10,21H2,1-3H3,(H,22,28)(H,23,27)(H,25,26)(H,30,31). The van der Waals surface area contributed by atoms with E-state index in [-0.39, 0.29) is 24.7 Å². The molecule has 182 valence electrons.